The van der Waals surface area contributed by atoms with Gasteiger partial charge < -0.3 is 15.2 Å². The van der Waals surface area contributed by atoms with E-state index in [1.165, 1.54) is 5.56 Å². The van der Waals surface area contributed by atoms with Gasteiger partial charge in [0, 0.05) is 36.3 Å². The zero-order chi connectivity index (χ0) is 13.7. The number of ether oxygens (including phenoxy) is 1. The predicted octanol–water partition coefficient (Wildman–Crippen LogP) is 1.86. The first-order chi connectivity index (χ1) is 9.15. The van der Waals surface area contributed by atoms with Crippen LogP contribution in [0.25, 0.3) is 0 Å². The van der Waals surface area contributed by atoms with Crippen LogP contribution in [-0.4, -0.2) is 55.5 Å². The minimum atomic E-state index is -0.364. The molecule has 1 heterocycles. The van der Waals surface area contributed by atoms with Crippen LogP contribution in [0.4, 0.5) is 5.69 Å². The van der Waals surface area contributed by atoms with Crippen molar-refractivity contribution in [3.05, 3.63) is 28.2 Å². The maximum absolute atomic E-state index is 10.1. The topological polar surface area (TPSA) is 44.7 Å². The molecular weight excluding hydrogens is 308 g/mol. The van der Waals surface area contributed by atoms with Gasteiger partial charge >= 0.3 is 0 Å². The molecular formula is C14H21BrN2O2. The molecule has 2 rings (SSSR count). The standard InChI is InChI=1S/C14H21BrN2O2/c1-11-2-3-12(15)8-14(11)16-9-13(18)10-17-4-6-19-7-5-17/h2-3,8,13,16,18H,4-7,9-10H2,1H3. The van der Waals surface area contributed by atoms with Crippen molar-refractivity contribution in [1.29, 1.82) is 0 Å². The number of aryl methyl sites for hydroxylation is 1. The fraction of sp³-hybridized carbons (Fsp3) is 0.571. The quantitative estimate of drug-likeness (QED) is 0.866. The second-order valence-corrected chi connectivity index (χ2v) is 5.82. The van der Waals surface area contributed by atoms with Crippen molar-refractivity contribution >= 4 is 21.6 Å². The number of morpholine rings is 1. The van der Waals surface area contributed by atoms with Gasteiger partial charge in [-0.1, -0.05) is 22.0 Å². The molecule has 1 aromatic rings. The molecule has 1 saturated heterocycles. The van der Waals surface area contributed by atoms with Crippen LogP contribution in [0.15, 0.2) is 22.7 Å². The summed E-state index contributed by atoms with van der Waals surface area (Å²) in [5.41, 5.74) is 2.25. The van der Waals surface area contributed by atoms with E-state index in [2.05, 4.69) is 39.1 Å². The van der Waals surface area contributed by atoms with Crippen LogP contribution in [0.1, 0.15) is 5.56 Å². The van der Waals surface area contributed by atoms with Crippen molar-refractivity contribution < 1.29 is 9.84 Å². The molecule has 1 aromatic carbocycles. The molecule has 5 heteroatoms. The zero-order valence-corrected chi connectivity index (χ0v) is 12.8. The Morgan fingerprint density at radius 2 is 2.16 bits per heavy atom. The highest BCUT2D eigenvalue weighted by molar-refractivity contribution is 9.10. The number of hydrogen-bond acceptors (Lipinski definition) is 4. The third-order valence-electron chi connectivity index (χ3n) is 3.30. The van der Waals surface area contributed by atoms with Crippen molar-refractivity contribution in [1.82, 2.24) is 4.90 Å². The van der Waals surface area contributed by atoms with Crippen molar-refractivity contribution in [3.8, 4) is 0 Å². The van der Waals surface area contributed by atoms with E-state index in [0.29, 0.717) is 13.1 Å². The maximum Gasteiger partial charge on any atom is 0.0839 e. The summed E-state index contributed by atoms with van der Waals surface area (Å²) >= 11 is 3.46. The molecule has 0 saturated carbocycles. The van der Waals surface area contributed by atoms with Gasteiger partial charge in [0.05, 0.1) is 19.3 Å². The Balaban J connectivity index is 1.79. The molecule has 2 N–H and O–H groups in total. The number of rotatable bonds is 5. The first-order valence-corrected chi connectivity index (χ1v) is 7.42. The molecule has 0 amide bonds. The highest BCUT2D eigenvalue weighted by Crippen LogP contribution is 2.20. The highest BCUT2D eigenvalue weighted by Gasteiger charge is 2.14. The molecule has 106 valence electrons. The number of halogens is 1. The van der Waals surface area contributed by atoms with Gasteiger partial charge in [-0.15, -0.1) is 0 Å². The first-order valence-electron chi connectivity index (χ1n) is 6.63. The number of β-amino-alcohol motifs (C(OH)–C–C–N with tert-alkyl or cyclic N) is 1. The Bertz CT molecular complexity index is 408. The first kappa shape index (κ1) is 14.8. The molecule has 1 unspecified atom stereocenters. The van der Waals surface area contributed by atoms with E-state index in [0.717, 1.165) is 36.5 Å². The zero-order valence-electron chi connectivity index (χ0n) is 11.2. The van der Waals surface area contributed by atoms with Crippen molar-refractivity contribution in [2.45, 2.75) is 13.0 Å². The monoisotopic (exact) mass is 328 g/mol. The third-order valence-corrected chi connectivity index (χ3v) is 3.79. The lowest BCUT2D eigenvalue weighted by Crippen LogP contribution is -2.42. The summed E-state index contributed by atoms with van der Waals surface area (Å²) in [6.45, 7) is 6.68. The number of nitrogens with zero attached hydrogens (tertiary/aromatic N) is 1. The van der Waals surface area contributed by atoms with Crippen LogP contribution < -0.4 is 5.32 Å². The van der Waals surface area contributed by atoms with Gasteiger partial charge in [0.25, 0.3) is 0 Å². The smallest absolute Gasteiger partial charge is 0.0839 e. The van der Waals surface area contributed by atoms with Gasteiger partial charge in [-0.05, 0) is 24.6 Å². The van der Waals surface area contributed by atoms with Gasteiger partial charge in [-0.2, -0.15) is 0 Å². The average molecular weight is 329 g/mol. The van der Waals surface area contributed by atoms with Crippen LogP contribution in [0.3, 0.4) is 0 Å². The Hall–Kier alpha value is -0.620. The predicted molar refractivity (Wildman–Crippen MR) is 80.6 cm³/mol. The van der Waals surface area contributed by atoms with Gasteiger partial charge in [0.1, 0.15) is 0 Å². The fourth-order valence-electron chi connectivity index (χ4n) is 2.16. The summed E-state index contributed by atoms with van der Waals surface area (Å²) in [7, 11) is 0. The number of hydrogen-bond donors (Lipinski definition) is 2. The van der Waals surface area contributed by atoms with Crippen LogP contribution >= 0.6 is 15.9 Å². The number of aliphatic hydroxyl groups is 1. The molecule has 19 heavy (non-hydrogen) atoms. The summed E-state index contributed by atoms with van der Waals surface area (Å²) in [5.74, 6) is 0. The van der Waals surface area contributed by atoms with Gasteiger partial charge in [0.15, 0.2) is 0 Å². The SMILES string of the molecule is Cc1ccc(Br)cc1NCC(O)CN1CCOCC1. The van der Waals surface area contributed by atoms with E-state index >= 15 is 0 Å². The molecule has 0 bridgehead atoms. The van der Waals surface area contributed by atoms with E-state index in [-0.39, 0.29) is 6.10 Å². The van der Waals surface area contributed by atoms with Crippen molar-refractivity contribution in [2.75, 3.05) is 44.7 Å². The Labute approximate surface area is 122 Å². The molecule has 0 spiro atoms. The van der Waals surface area contributed by atoms with Crippen LogP contribution in [0.2, 0.25) is 0 Å². The average Bonchev–Trinajstić information content (AvgIpc) is 2.41. The maximum atomic E-state index is 10.1. The van der Waals surface area contributed by atoms with E-state index < -0.39 is 0 Å². The summed E-state index contributed by atoms with van der Waals surface area (Å²) in [5, 5.41) is 13.4. The summed E-state index contributed by atoms with van der Waals surface area (Å²) in [6, 6.07) is 6.11. The Kier molecular flexibility index (Phi) is 5.63. The van der Waals surface area contributed by atoms with Gasteiger partial charge in [0.2, 0.25) is 0 Å². The summed E-state index contributed by atoms with van der Waals surface area (Å²) in [6.07, 6.45) is -0.364. The van der Waals surface area contributed by atoms with E-state index in [9.17, 15) is 5.11 Å². The Morgan fingerprint density at radius 3 is 2.89 bits per heavy atom. The second kappa shape index (κ2) is 7.24. The van der Waals surface area contributed by atoms with Gasteiger partial charge in [-0.25, -0.2) is 0 Å². The summed E-state index contributed by atoms with van der Waals surface area (Å²) in [4.78, 5) is 2.24. The van der Waals surface area contributed by atoms with E-state index in [4.69, 9.17) is 4.74 Å². The number of aliphatic hydroxyl groups excluding tert-OH is 1. The lowest BCUT2D eigenvalue weighted by atomic mass is 10.2. The van der Waals surface area contributed by atoms with Crippen molar-refractivity contribution in [2.24, 2.45) is 0 Å². The van der Waals surface area contributed by atoms with E-state index in [1.807, 2.05) is 12.1 Å². The van der Waals surface area contributed by atoms with Crippen molar-refractivity contribution in [3.63, 3.8) is 0 Å². The third kappa shape index (κ3) is 4.76. The van der Waals surface area contributed by atoms with Gasteiger partial charge in [-0.3, -0.25) is 4.90 Å². The molecule has 1 aliphatic rings. The van der Waals surface area contributed by atoms with Crippen LogP contribution in [0.5, 0.6) is 0 Å². The molecule has 1 fully saturated rings. The van der Waals surface area contributed by atoms with Crippen LogP contribution in [-0.2, 0) is 4.74 Å². The highest BCUT2D eigenvalue weighted by atomic mass is 79.9. The number of anilines is 1. The minimum Gasteiger partial charge on any atom is -0.390 e. The summed E-state index contributed by atoms with van der Waals surface area (Å²) < 4.78 is 6.34. The largest absolute Gasteiger partial charge is 0.390 e. The molecule has 1 aliphatic heterocycles. The Morgan fingerprint density at radius 1 is 1.42 bits per heavy atom. The normalized spacial score (nSPS) is 18.3. The minimum absolute atomic E-state index is 0.364. The number of nitrogens with one attached hydrogen (secondary N) is 1. The molecule has 1 atom stereocenters. The molecule has 0 radical (unpaired) electrons. The lowest BCUT2D eigenvalue weighted by Gasteiger charge is -2.28. The van der Waals surface area contributed by atoms with Crippen LogP contribution in [0, 0.1) is 6.92 Å². The molecule has 0 aromatic heterocycles. The molecule has 4 nitrogen and oxygen atoms in total. The van der Waals surface area contributed by atoms with E-state index in [1.54, 1.807) is 0 Å². The fourth-order valence-corrected chi connectivity index (χ4v) is 2.52. The second-order valence-electron chi connectivity index (χ2n) is 4.91. The number of benzene rings is 1. The lowest BCUT2D eigenvalue weighted by molar-refractivity contribution is 0.0171. The molecule has 0 aliphatic carbocycles.